The molecule has 2 nitrogen and oxygen atoms in total. The van der Waals surface area contributed by atoms with Crippen LogP contribution in [-0.4, -0.2) is 11.3 Å². The van der Waals surface area contributed by atoms with E-state index in [0.717, 1.165) is 18.4 Å². The highest BCUT2D eigenvalue weighted by Crippen LogP contribution is 2.13. The largest absolute Gasteiger partial charge is 0.309 e. The topological polar surface area (TPSA) is 43.1 Å². The van der Waals surface area contributed by atoms with Gasteiger partial charge in [-0.2, -0.15) is 0 Å². The fraction of sp³-hybridized carbons (Fsp3) is 0.364. The molecule has 1 atom stereocenters. The third-order valence-electron chi connectivity index (χ3n) is 2.05. The van der Waals surface area contributed by atoms with Gasteiger partial charge in [0.15, 0.2) is 5.78 Å². The molecule has 1 aromatic rings. The first-order valence-electron chi connectivity index (χ1n) is 4.68. The van der Waals surface area contributed by atoms with Gasteiger partial charge in [-0.25, -0.2) is 0 Å². The zero-order chi connectivity index (χ0) is 10.6. The molecule has 0 amide bonds. The summed E-state index contributed by atoms with van der Waals surface area (Å²) in [6, 6.07) is 7.46. The van der Waals surface area contributed by atoms with Crippen LogP contribution in [0.2, 0.25) is 0 Å². The number of alkyl halides is 1. The lowest BCUT2D eigenvalue weighted by Gasteiger charge is -2.08. The molecular formula is C11H14ClNO. The van der Waals surface area contributed by atoms with Crippen molar-refractivity contribution in [2.45, 2.75) is 25.3 Å². The molecule has 0 radical (unpaired) electrons. The van der Waals surface area contributed by atoms with Crippen molar-refractivity contribution in [2.75, 3.05) is 0 Å². The Kier molecular flexibility index (Phi) is 4.11. The second kappa shape index (κ2) is 5.13. The second-order valence-corrected chi connectivity index (χ2v) is 3.64. The minimum atomic E-state index is -0.937. The number of Topliss-reactive ketones (excluding diaryl/α,β-unsaturated/α-hetero) is 1. The molecule has 0 saturated heterocycles. The molecule has 0 aliphatic carbocycles. The standard InChI is InChI=1S/C11H14ClNO/c1-2-5-8-6-3-4-7-9(8)10(14)11(12)13/h3-4,6-7,11H,2,5,13H2,1H3. The van der Waals surface area contributed by atoms with Crippen LogP contribution in [-0.2, 0) is 6.42 Å². The van der Waals surface area contributed by atoms with E-state index in [-0.39, 0.29) is 5.78 Å². The first kappa shape index (κ1) is 11.2. The summed E-state index contributed by atoms with van der Waals surface area (Å²) in [6.07, 6.45) is 1.88. The van der Waals surface area contributed by atoms with Crippen molar-refractivity contribution in [2.24, 2.45) is 5.73 Å². The molecule has 76 valence electrons. The van der Waals surface area contributed by atoms with Gasteiger partial charge >= 0.3 is 0 Å². The van der Waals surface area contributed by atoms with Gasteiger partial charge in [0.1, 0.15) is 5.50 Å². The van der Waals surface area contributed by atoms with Crippen LogP contribution in [0.5, 0.6) is 0 Å². The fourth-order valence-electron chi connectivity index (χ4n) is 1.40. The average molecular weight is 212 g/mol. The highest BCUT2D eigenvalue weighted by molar-refractivity contribution is 6.33. The molecule has 1 aromatic carbocycles. The van der Waals surface area contributed by atoms with Gasteiger partial charge in [0.2, 0.25) is 0 Å². The molecule has 14 heavy (non-hydrogen) atoms. The second-order valence-electron chi connectivity index (χ2n) is 3.17. The van der Waals surface area contributed by atoms with Gasteiger partial charge in [-0.3, -0.25) is 4.79 Å². The van der Waals surface area contributed by atoms with Crippen LogP contribution in [0.1, 0.15) is 29.3 Å². The van der Waals surface area contributed by atoms with Crippen molar-refractivity contribution in [3.05, 3.63) is 35.4 Å². The Bertz CT molecular complexity index is 323. The van der Waals surface area contributed by atoms with Crippen LogP contribution in [0, 0.1) is 0 Å². The number of hydrogen-bond acceptors (Lipinski definition) is 2. The lowest BCUT2D eigenvalue weighted by atomic mass is 10.00. The van der Waals surface area contributed by atoms with Gasteiger partial charge in [0.25, 0.3) is 0 Å². The summed E-state index contributed by atoms with van der Waals surface area (Å²) in [4.78, 5) is 11.6. The van der Waals surface area contributed by atoms with Gasteiger partial charge in [0, 0.05) is 5.56 Å². The molecule has 0 aromatic heterocycles. The van der Waals surface area contributed by atoms with Crippen LogP contribution in [0.25, 0.3) is 0 Å². The predicted molar refractivity (Wildman–Crippen MR) is 58.6 cm³/mol. The molecule has 0 aliphatic heterocycles. The van der Waals surface area contributed by atoms with Crippen LogP contribution < -0.4 is 5.73 Å². The van der Waals surface area contributed by atoms with Crippen molar-refractivity contribution in [3.63, 3.8) is 0 Å². The Morgan fingerprint density at radius 1 is 1.50 bits per heavy atom. The van der Waals surface area contributed by atoms with E-state index in [1.807, 2.05) is 18.2 Å². The molecule has 0 spiro atoms. The maximum Gasteiger partial charge on any atom is 0.194 e. The Labute approximate surface area is 89.1 Å². The van der Waals surface area contributed by atoms with E-state index in [1.165, 1.54) is 0 Å². The molecule has 0 aliphatic rings. The Morgan fingerprint density at radius 2 is 2.14 bits per heavy atom. The number of carbonyl (C=O) groups excluding carboxylic acids is 1. The normalized spacial score (nSPS) is 12.5. The van der Waals surface area contributed by atoms with Crippen LogP contribution in [0.4, 0.5) is 0 Å². The lowest BCUT2D eigenvalue weighted by Crippen LogP contribution is -2.25. The quantitative estimate of drug-likeness (QED) is 0.472. The molecule has 0 bridgehead atoms. The minimum absolute atomic E-state index is 0.198. The van der Waals surface area contributed by atoms with Crippen LogP contribution in [0.15, 0.2) is 24.3 Å². The van der Waals surface area contributed by atoms with E-state index in [0.29, 0.717) is 5.56 Å². The summed E-state index contributed by atoms with van der Waals surface area (Å²) in [5.41, 5.74) is 6.09. The number of carbonyl (C=O) groups is 1. The van der Waals surface area contributed by atoms with Gasteiger partial charge < -0.3 is 5.73 Å². The van der Waals surface area contributed by atoms with Crippen molar-refractivity contribution in [1.82, 2.24) is 0 Å². The van der Waals surface area contributed by atoms with Gasteiger partial charge in [-0.1, -0.05) is 49.2 Å². The zero-order valence-corrected chi connectivity index (χ0v) is 8.92. The molecule has 1 rings (SSSR count). The van der Waals surface area contributed by atoms with E-state index < -0.39 is 5.50 Å². The first-order valence-corrected chi connectivity index (χ1v) is 5.12. The lowest BCUT2D eigenvalue weighted by molar-refractivity contribution is 0.0987. The van der Waals surface area contributed by atoms with Gasteiger partial charge in [0.05, 0.1) is 0 Å². The first-order chi connectivity index (χ1) is 6.66. The molecule has 2 N–H and O–H groups in total. The maximum absolute atomic E-state index is 11.6. The minimum Gasteiger partial charge on any atom is -0.309 e. The summed E-state index contributed by atoms with van der Waals surface area (Å²) >= 11 is 5.56. The van der Waals surface area contributed by atoms with Gasteiger partial charge in [-0.05, 0) is 12.0 Å². The van der Waals surface area contributed by atoms with E-state index in [2.05, 4.69) is 6.92 Å². The zero-order valence-electron chi connectivity index (χ0n) is 8.16. The van der Waals surface area contributed by atoms with Gasteiger partial charge in [-0.15, -0.1) is 0 Å². The number of ketones is 1. The van der Waals surface area contributed by atoms with Crippen molar-refractivity contribution in [3.8, 4) is 0 Å². The summed E-state index contributed by atoms with van der Waals surface area (Å²) in [6.45, 7) is 2.07. The Morgan fingerprint density at radius 3 is 2.71 bits per heavy atom. The molecule has 1 unspecified atom stereocenters. The number of halogens is 1. The smallest absolute Gasteiger partial charge is 0.194 e. The molecule has 0 heterocycles. The average Bonchev–Trinajstić information content (AvgIpc) is 2.18. The number of nitrogens with two attached hydrogens (primary N) is 1. The molecule has 0 fully saturated rings. The summed E-state index contributed by atoms with van der Waals surface area (Å²) in [7, 11) is 0. The third kappa shape index (κ3) is 2.56. The van der Waals surface area contributed by atoms with E-state index >= 15 is 0 Å². The summed E-state index contributed by atoms with van der Waals surface area (Å²) < 4.78 is 0. The van der Waals surface area contributed by atoms with Crippen LogP contribution >= 0.6 is 11.6 Å². The number of benzene rings is 1. The fourth-order valence-corrected chi connectivity index (χ4v) is 1.51. The number of aryl methyl sites for hydroxylation is 1. The van der Waals surface area contributed by atoms with Crippen molar-refractivity contribution >= 4 is 17.4 Å². The maximum atomic E-state index is 11.6. The molecule has 0 saturated carbocycles. The molecule has 3 heteroatoms. The van der Waals surface area contributed by atoms with Crippen molar-refractivity contribution < 1.29 is 4.79 Å². The highest BCUT2D eigenvalue weighted by Gasteiger charge is 2.15. The van der Waals surface area contributed by atoms with Crippen LogP contribution in [0.3, 0.4) is 0 Å². The van der Waals surface area contributed by atoms with E-state index in [4.69, 9.17) is 17.3 Å². The van der Waals surface area contributed by atoms with E-state index in [1.54, 1.807) is 6.07 Å². The Balaban J connectivity index is 3.00. The number of hydrogen-bond donors (Lipinski definition) is 1. The van der Waals surface area contributed by atoms with E-state index in [9.17, 15) is 4.79 Å². The summed E-state index contributed by atoms with van der Waals surface area (Å²) in [5, 5.41) is 0. The Hall–Kier alpha value is -0.860. The SMILES string of the molecule is CCCc1ccccc1C(=O)C(N)Cl. The molecular weight excluding hydrogens is 198 g/mol. The number of rotatable bonds is 4. The monoisotopic (exact) mass is 211 g/mol. The third-order valence-corrected chi connectivity index (χ3v) is 2.25. The highest BCUT2D eigenvalue weighted by atomic mass is 35.5. The predicted octanol–water partition coefficient (Wildman–Crippen LogP) is 2.35. The summed E-state index contributed by atoms with van der Waals surface area (Å²) in [5.74, 6) is -0.198. The van der Waals surface area contributed by atoms with Crippen molar-refractivity contribution in [1.29, 1.82) is 0 Å².